The van der Waals surface area contributed by atoms with Gasteiger partial charge in [-0.1, -0.05) is 0 Å². The molecule has 1 rings (SSSR count). The maximum atomic E-state index is 13.1. The van der Waals surface area contributed by atoms with Crippen molar-refractivity contribution in [2.75, 3.05) is 0 Å². The number of carbonyl (C=O) groups is 1. The lowest BCUT2D eigenvalue weighted by Crippen LogP contribution is -2.14. The van der Waals surface area contributed by atoms with Gasteiger partial charge in [-0.3, -0.25) is 9.78 Å². The van der Waals surface area contributed by atoms with E-state index in [2.05, 4.69) is 4.98 Å². The highest BCUT2D eigenvalue weighted by Crippen LogP contribution is 2.17. The van der Waals surface area contributed by atoms with E-state index in [1.165, 1.54) is 12.3 Å². The van der Waals surface area contributed by atoms with Crippen molar-refractivity contribution < 1.29 is 14.3 Å². The summed E-state index contributed by atoms with van der Waals surface area (Å²) < 4.78 is 13.1. The lowest BCUT2D eigenvalue weighted by molar-refractivity contribution is -0.137. The zero-order valence-corrected chi connectivity index (χ0v) is 7.48. The lowest BCUT2D eigenvalue weighted by atomic mass is 10.0. The first-order valence-electron chi connectivity index (χ1n) is 4.18. The van der Waals surface area contributed by atoms with Crippen LogP contribution >= 0.6 is 0 Å². The molecule has 1 unspecified atom stereocenters. The number of nitrogens with two attached hydrogens (primary N) is 1. The van der Waals surface area contributed by atoms with Gasteiger partial charge in [0.15, 0.2) is 0 Å². The van der Waals surface area contributed by atoms with Gasteiger partial charge in [0.1, 0.15) is 5.82 Å². The number of pyridine rings is 1. The molecule has 0 aliphatic carbocycles. The van der Waals surface area contributed by atoms with Gasteiger partial charge in [0, 0.05) is 24.2 Å². The maximum absolute atomic E-state index is 13.1. The van der Waals surface area contributed by atoms with E-state index in [0.29, 0.717) is 5.56 Å². The molecule has 0 amide bonds. The minimum Gasteiger partial charge on any atom is -0.481 e. The summed E-state index contributed by atoms with van der Waals surface area (Å²) in [5.41, 5.74) is 5.92. The van der Waals surface area contributed by atoms with Crippen LogP contribution in [0.25, 0.3) is 0 Å². The number of carboxylic acids is 1. The Labute approximate surface area is 80.6 Å². The zero-order valence-electron chi connectivity index (χ0n) is 7.48. The average Bonchev–Trinajstić information content (AvgIpc) is 2.15. The highest BCUT2D eigenvalue weighted by Gasteiger charge is 2.12. The van der Waals surface area contributed by atoms with Crippen molar-refractivity contribution in [3.63, 3.8) is 0 Å². The Morgan fingerprint density at radius 1 is 1.71 bits per heavy atom. The highest BCUT2D eigenvalue weighted by atomic mass is 19.1. The van der Waals surface area contributed by atoms with Gasteiger partial charge in [-0.25, -0.2) is 4.39 Å². The molecule has 1 aromatic rings. The van der Waals surface area contributed by atoms with E-state index in [1.807, 2.05) is 0 Å². The SMILES string of the molecule is NC(CCC(=O)O)c1ccncc1F. The molecule has 0 bridgehead atoms. The van der Waals surface area contributed by atoms with Gasteiger partial charge in [0.2, 0.25) is 0 Å². The van der Waals surface area contributed by atoms with Crippen molar-refractivity contribution in [1.82, 2.24) is 4.98 Å². The van der Waals surface area contributed by atoms with Crippen LogP contribution < -0.4 is 5.73 Å². The molecule has 14 heavy (non-hydrogen) atoms. The van der Waals surface area contributed by atoms with Crippen molar-refractivity contribution in [3.8, 4) is 0 Å². The number of hydrogen-bond acceptors (Lipinski definition) is 3. The van der Waals surface area contributed by atoms with Gasteiger partial charge in [-0.2, -0.15) is 0 Å². The quantitative estimate of drug-likeness (QED) is 0.759. The first-order chi connectivity index (χ1) is 6.61. The number of aromatic nitrogens is 1. The lowest BCUT2D eigenvalue weighted by Gasteiger charge is -2.10. The summed E-state index contributed by atoms with van der Waals surface area (Å²) in [4.78, 5) is 13.8. The molecule has 1 atom stereocenters. The van der Waals surface area contributed by atoms with Crippen molar-refractivity contribution in [3.05, 3.63) is 29.8 Å². The third-order valence-electron chi connectivity index (χ3n) is 1.87. The van der Waals surface area contributed by atoms with Crippen molar-refractivity contribution in [2.24, 2.45) is 5.73 Å². The normalized spacial score (nSPS) is 12.4. The molecule has 1 heterocycles. The molecule has 1 aromatic heterocycles. The van der Waals surface area contributed by atoms with Crippen LogP contribution in [0.1, 0.15) is 24.4 Å². The van der Waals surface area contributed by atoms with Crippen LogP contribution in [-0.2, 0) is 4.79 Å². The molecular formula is C9H11FN2O2. The predicted octanol–water partition coefficient (Wildman–Crippen LogP) is 1.09. The smallest absolute Gasteiger partial charge is 0.303 e. The number of halogens is 1. The molecule has 3 N–H and O–H groups in total. The number of carboxylic acid groups (broad SMARTS) is 1. The highest BCUT2D eigenvalue weighted by molar-refractivity contribution is 5.66. The van der Waals surface area contributed by atoms with Gasteiger partial charge in [-0.15, -0.1) is 0 Å². The minimum atomic E-state index is -0.935. The predicted molar refractivity (Wildman–Crippen MR) is 48.0 cm³/mol. The maximum Gasteiger partial charge on any atom is 0.303 e. The summed E-state index contributed by atoms with van der Waals surface area (Å²) in [5.74, 6) is -1.43. The van der Waals surface area contributed by atoms with Crippen molar-refractivity contribution in [2.45, 2.75) is 18.9 Å². The van der Waals surface area contributed by atoms with Crippen LogP contribution in [0.3, 0.4) is 0 Å². The summed E-state index contributed by atoms with van der Waals surface area (Å²) in [7, 11) is 0. The summed E-state index contributed by atoms with van der Waals surface area (Å²) in [6.07, 6.45) is 2.65. The first kappa shape index (κ1) is 10.6. The molecule has 0 aromatic carbocycles. The van der Waals surface area contributed by atoms with Gasteiger partial charge in [-0.05, 0) is 12.5 Å². The van der Waals surface area contributed by atoms with Gasteiger partial charge in [0.25, 0.3) is 0 Å². The van der Waals surface area contributed by atoms with E-state index in [4.69, 9.17) is 10.8 Å². The Morgan fingerprint density at radius 2 is 2.43 bits per heavy atom. The Kier molecular flexibility index (Phi) is 3.53. The number of hydrogen-bond donors (Lipinski definition) is 2. The van der Waals surface area contributed by atoms with Gasteiger partial charge < -0.3 is 10.8 Å². The van der Waals surface area contributed by atoms with E-state index >= 15 is 0 Å². The molecule has 0 saturated heterocycles. The Morgan fingerprint density at radius 3 is 3.00 bits per heavy atom. The van der Waals surface area contributed by atoms with Crippen molar-refractivity contribution >= 4 is 5.97 Å². The topological polar surface area (TPSA) is 76.2 Å². The Bertz CT molecular complexity index is 330. The third-order valence-corrected chi connectivity index (χ3v) is 1.87. The van der Waals surface area contributed by atoms with Crippen LogP contribution in [0, 0.1) is 5.82 Å². The van der Waals surface area contributed by atoms with Gasteiger partial charge in [0.05, 0.1) is 6.20 Å². The fraction of sp³-hybridized carbons (Fsp3) is 0.333. The monoisotopic (exact) mass is 198 g/mol. The zero-order chi connectivity index (χ0) is 10.6. The molecule has 5 heteroatoms. The van der Waals surface area contributed by atoms with Crippen LogP contribution in [0.4, 0.5) is 4.39 Å². The van der Waals surface area contributed by atoms with Crippen LogP contribution in [0.2, 0.25) is 0 Å². The summed E-state index contributed by atoms with van der Waals surface area (Å²) in [6, 6.07) is 0.871. The summed E-state index contributed by atoms with van der Waals surface area (Å²) in [5, 5.41) is 8.42. The van der Waals surface area contributed by atoms with E-state index in [-0.39, 0.29) is 12.8 Å². The number of nitrogens with zero attached hydrogens (tertiary/aromatic N) is 1. The molecule has 0 saturated carbocycles. The number of rotatable bonds is 4. The van der Waals surface area contributed by atoms with E-state index < -0.39 is 17.8 Å². The van der Waals surface area contributed by atoms with Crippen LogP contribution in [0.5, 0.6) is 0 Å². The standard InChI is InChI=1S/C9H11FN2O2/c10-7-5-12-4-3-6(7)8(11)1-2-9(13)14/h3-5,8H,1-2,11H2,(H,13,14). The van der Waals surface area contributed by atoms with Gasteiger partial charge >= 0.3 is 5.97 Å². The van der Waals surface area contributed by atoms with E-state index in [9.17, 15) is 9.18 Å². The van der Waals surface area contributed by atoms with E-state index in [1.54, 1.807) is 0 Å². The molecule has 4 nitrogen and oxygen atoms in total. The molecule has 0 fully saturated rings. The fourth-order valence-electron chi connectivity index (χ4n) is 1.12. The fourth-order valence-corrected chi connectivity index (χ4v) is 1.12. The first-order valence-corrected chi connectivity index (χ1v) is 4.18. The largest absolute Gasteiger partial charge is 0.481 e. The number of aliphatic carboxylic acids is 1. The minimum absolute atomic E-state index is 0.0665. The van der Waals surface area contributed by atoms with E-state index in [0.717, 1.165) is 6.20 Å². The molecule has 0 aliphatic rings. The average molecular weight is 198 g/mol. The van der Waals surface area contributed by atoms with Crippen LogP contribution in [0.15, 0.2) is 18.5 Å². The van der Waals surface area contributed by atoms with Crippen molar-refractivity contribution in [1.29, 1.82) is 0 Å². The summed E-state index contributed by atoms with van der Waals surface area (Å²) in [6.45, 7) is 0. The second kappa shape index (κ2) is 4.66. The molecule has 0 spiro atoms. The Balaban J connectivity index is 2.65. The second-order valence-corrected chi connectivity index (χ2v) is 2.94. The second-order valence-electron chi connectivity index (χ2n) is 2.94. The third kappa shape index (κ3) is 2.77. The summed E-state index contributed by atoms with van der Waals surface area (Å²) >= 11 is 0. The molecule has 76 valence electrons. The molecule has 0 aliphatic heterocycles. The molecule has 0 radical (unpaired) electrons. The molecular weight excluding hydrogens is 187 g/mol. The van der Waals surface area contributed by atoms with Crippen LogP contribution in [-0.4, -0.2) is 16.1 Å². The Hall–Kier alpha value is -1.49.